The van der Waals surface area contributed by atoms with Crippen LogP contribution in [0.4, 0.5) is 5.69 Å². The lowest BCUT2D eigenvalue weighted by molar-refractivity contribution is -0.313. The van der Waals surface area contributed by atoms with Gasteiger partial charge in [-0.25, -0.2) is 4.79 Å². The van der Waals surface area contributed by atoms with E-state index in [0.29, 0.717) is 11.3 Å². The number of nitrogens with zero attached hydrogens (tertiary/aromatic N) is 1. The monoisotopic (exact) mass is 342 g/mol. The molecule has 25 heavy (non-hydrogen) atoms. The molecule has 7 heteroatoms. The molecule has 0 aromatic heterocycles. The minimum absolute atomic E-state index is 0.242. The third-order valence-electron chi connectivity index (χ3n) is 5.06. The van der Waals surface area contributed by atoms with Gasteiger partial charge < -0.3 is 24.3 Å². The molecule has 2 saturated heterocycles. The van der Waals surface area contributed by atoms with E-state index in [0.717, 1.165) is 0 Å². The molecule has 1 aromatic rings. The fraction of sp³-hybridized carbons (Fsp3) is 0.389. The van der Waals surface area contributed by atoms with E-state index >= 15 is 0 Å². The number of rotatable bonds is 4. The van der Waals surface area contributed by atoms with Crippen LogP contribution in [0.25, 0.3) is 0 Å². The third-order valence-corrected chi connectivity index (χ3v) is 5.06. The number of carbonyl (C=O) groups is 3. The Morgan fingerprint density at radius 2 is 2.08 bits per heavy atom. The van der Waals surface area contributed by atoms with E-state index in [9.17, 15) is 19.5 Å². The molecular weight excluding hydrogens is 326 g/mol. The second-order valence-electron chi connectivity index (χ2n) is 6.41. The molecule has 130 valence electrons. The van der Waals surface area contributed by atoms with Crippen LogP contribution in [0.15, 0.2) is 36.4 Å². The van der Waals surface area contributed by atoms with Gasteiger partial charge in [-0.3, -0.25) is 4.79 Å². The van der Waals surface area contributed by atoms with E-state index in [2.05, 4.69) is 0 Å². The fourth-order valence-corrected chi connectivity index (χ4v) is 3.98. The van der Waals surface area contributed by atoms with Crippen molar-refractivity contribution in [3.8, 4) is 0 Å². The number of hydrogen-bond acceptors (Lipinski definition) is 6. The van der Waals surface area contributed by atoms with E-state index in [4.69, 9.17) is 9.47 Å². The molecule has 4 atom stereocenters. The van der Waals surface area contributed by atoms with Gasteiger partial charge in [0.25, 0.3) is 0 Å². The summed E-state index contributed by atoms with van der Waals surface area (Å²) < 4.78 is 10.7. The number of carboxylic acids is 1. The van der Waals surface area contributed by atoms with E-state index in [1.54, 1.807) is 43.3 Å². The molecule has 1 aromatic carbocycles. The molecule has 0 radical (unpaired) electrons. The Hall–Kier alpha value is -2.67. The molecule has 0 saturated carbocycles. The number of ether oxygens (including phenoxy) is 2. The van der Waals surface area contributed by atoms with Gasteiger partial charge in [-0.05, 0) is 31.2 Å². The summed E-state index contributed by atoms with van der Waals surface area (Å²) in [5.74, 6) is -3.75. The average molecular weight is 342 g/mol. The zero-order valence-electron chi connectivity index (χ0n) is 13.5. The molecule has 1 spiro atoms. The molecule has 2 fully saturated rings. The SMILES string of the molecule is CCOC(=O)c1ccc(N2C[C@@]34C=C[C@@H](O3)[C@@H](C(=O)[O-])[C@H]4C2=O)cc1. The maximum Gasteiger partial charge on any atom is 0.338 e. The van der Waals surface area contributed by atoms with Crippen LogP contribution in [0.3, 0.4) is 0 Å². The van der Waals surface area contributed by atoms with Crippen molar-refractivity contribution in [1.82, 2.24) is 0 Å². The van der Waals surface area contributed by atoms with Gasteiger partial charge in [0.05, 0.1) is 30.7 Å². The van der Waals surface area contributed by atoms with Crippen molar-refractivity contribution in [3.05, 3.63) is 42.0 Å². The molecule has 1 amide bonds. The highest BCUT2D eigenvalue weighted by Gasteiger charge is 2.65. The van der Waals surface area contributed by atoms with Gasteiger partial charge in [-0.2, -0.15) is 0 Å². The van der Waals surface area contributed by atoms with Gasteiger partial charge in [-0.15, -0.1) is 0 Å². The molecule has 3 aliphatic heterocycles. The van der Waals surface area contributed by atoms with Crippen LogP contribution in [0.2, 0.25) is 0 Å². The highest BCUT2D eigenvalue weighted by Crippen LogP contribution is 2.52. The second kappa shape index (κ2) is 5.42. The summed E-state index contributed by atoms with van der Waals surface area (Å²) in [5, 5.41) is 11.5. The number of anilines is 1. The molecule has 3 heterocycles. The summed E-state index contributed by atoms with van der Waals surface area (Å²) in [6.45, 7) is 2.25. The van der Waals surface area contributed by atoms with Crippen molar-refractivity contribution < 1.29 is 29.0 Å². The third kappa shape index (κ3) is 2.19. The molecule has 0 N–H and O–H groups in total. The standard InChI is InChI=1S/C18H17NO6/c1-2-24-17(23)10-3-5-11(6-4-10)19-9-18-8-7-12(25-18)13(16(21)22)14(18)15(19)20/h3-8,12-14H,2,9H2,1H3,(H,21,22)/p-1/t12-,13-,14+,18-/m1/s1. The van der Waals surface area contributed by atoms with E-state index < -0.39 is 35.5 Å². The van der Waals surface area contributed by atoms with Crippen LogP contribution in [-0.4, -0.2) is 42.7 Å². The number of aliphatic carboxylic acids is 1. The highest BCUT2D eigenvalue weighted by atomic mass is 16.5. The van der Waals surface area contributed by atoms with Crippen molar-refractivity contribution in [2.45, 2.75) is 18.6 Å². The van der Waals surface area contributed by atoms with Gasteiger partial charge >= 0.3 is 5.97 Å². The molecule has 3 aliphatic rings. The second-order valence-corrected chi connectivity index (χ2v) is 6.41. The predicted octanol–water partition coefficient (Wildman–Crippen LogP) is -0.100. The predicted molar refractivity (Wildman–Crippen MR) is 83.5 cm³/mol. The minimum atomic E-state index is -1.27. The van der Waals surface area contributed by atoms with Gasteiger partial charge in [-0.1, -0.05) is 12.2 Å². The Morgan fingerprint density at radius 3 is 2.72 bits per heavy atom. The first-order chi connectivity index (χ1) is 12.0. The molecule has 0 aliphatic carbocycles. The van der Waals surface area contributed by atoms with Crippen LogP contribution in [-0.2, 0) is 19.1 Å². The number of amides is 1. The summed E-state index contributed by atoms with van der Waals surface area (Å²) in [4.78, 5) is 37.5. The normalized spacial score (nSPS) is 32.1. The number of esters is 1. The van der Waals surface area contributed by atoms with Crippen LogP contribution < -0.4 is 10.0 Å². The van der Waals surface area contributed by atoms with Crippen LogP contribution in [0.5, 0.6) is 0 Å². The first kappa shape index (κ1) is 15.8. The maximum atomic E-state index is 12.8. The van der Waals surface area contributed by atoms with E-state index in [-0.39, 0.29) is 19.1 Å². The first-order valence-corrected chi connectivity index (χ1v) is 8.13. The lowest BCUT2D eigenvalue weighted by Crippen LogP contribution is -2.45. The highest BCUT2D eigenvalue weighted by molar-refractivity contribution is 6.02. The first-order valence-electron chi connectivity index (χ1n) is 8.13. The minimum Gasteiger partial charge on any atom is -0.550 e. The smallest absolute Gasteiger partial charge is 0.338 e. The van der Waals surface area contributed by atoms with Gasteiger partial charge in [0.2, 0.25) is 5.91 Å². The van der Waals surface area contributed by atoms with Gasteiger partial charge in [0, 0.05) is 17.6 Å². The summed E-state index contributed by atoms with van der Waals surface area (Å²) in [7, 11) is 0. The average Bonchev–Trinajstić information content (AvgIpc) is 3.23. The number of carbonyl (C=O) groups excluding carboxylic acids is 3. The van der Waals surface area contributed by atoms with Crippen LogP contribution >= 0.6 is 0 Å². The Labute approximate surface area is 143 Å². The zero-order chi connectivity index (χ0) is 17.8. The summed E-state index contributed by atoms with van der Waals surface area (Å²) in [5.41, 5.74) is 0.0615. The molecule has 0 unspecified atom stereocenters. The Kier molecular flexibility index (Phi) is 3.43. The van der Waals surface area contributed by atoms with Crippen LogP contribution in [0, 0.1) is 11.8 Å². The number of fused-ring (bicyclic) bond motifs is 1. The van der Waals surface area contributed by atoms with Crippen molar-refractivity contribution in [2.24, 2.45) is 11.8 Å². The van der Waals surface area contributed by atoms with Gasteiger partial charge in [0.1, 0.15) is 5.60 Å². The van der Waals surface area contributed by atoms with Crippen molar-refractivity contribution >= 4 is 23.5 Å². The van der Waals surface area contributed by atoms with Crippen molar-refractivity contribution in [2.75, 3.05) is 18.1 Å². The largest absolute Gasteiger partial charge is 0.550 e. The summed E-state index contributed by atoms with van der Waals surface area (Å²) >= 11 is 0. The molecule has 7 nitrogen and oxygen atoms in total. The topological polar surface area (TPSA) is 96.0 Å². The number of hydrogen-bond donors (Lipinski definition) is 0. The molecule has 2 bridgehead atoms. The molecule has 4 rings (SSSR count). The van der Waals surface area contributed by atoms with E-state index in [1.807, 2.05) is 0 Å². The lowest BCUT2D eigenvalue weighted by Gasteiger charge is -2.24. The van der Waals surface area contributed by atoms with Gasteiger partial charge in [0.15, 0.2) is 0 Å². The van der Waals surface area contributed by atoms with Crippen LogP contribution in [0.1, 0.15) is 17.3 Å². The Morgan fingerprint density at radius 1 is 1.36 bits per heavy atom. The number of benzene rings is 1. The summed E-state index contributed by atoms with van der Waals surface area (Å²) in [6.07, 6.45) is 2.87. The Balaban J connectivity index is 1.61. The Bertz CT molecular complexity index is 785. The van der Waals surface area contributed by atoms with Crippen molar-refractivity contribution in [1.29, 1.82) is 0 Å². The van der Waals surface area contributed by atoms with Crippen molar-refractivity contribution in [3.63, 3.8) is 0 Å². The summed E-state index contributed by atoms with van der Waals surface area (Å²) in [6, 6.07) is 6.45. The zero-order valence-corrected chi connectivity index (χ0v) is 13.5. The fourth-order valence-electron chi connectivity index (χ4n) is 3.98. The number of carboxylic acid groups (broad SMARTS) is 1. The maximum absolute atomic E-state index is 12.8. The van der Waals surface area contributed by atoms with E-state index in [1.165, 1.54) is 4.90 Å². The molecular formula is C18H16NO6-. The lowest BCUT2D eigenvalue weighted by atomic mass is 9.77. The quantitative estimate of drug-likeness (QED) is 0.560.